The fraction of sp³-hybridized carbons (Fsp3) is 0.235. The van der Waals surface area contributed by atoms with Crippen LogP contribution in [-0.4, -0.2) is 22.7 Å². The van der Waals surface area contributed by atoms with E-state index in [0.717, 1.165) is 11.3 Å². The number of carboxylic acids is 1. The van der Waals surface area contributed by atoms with Crippen LogP contribution in [0, 0.1) is 11.3 Å². The minimum absolute atomic E-state index is 0.0427. The summed E-state index contributed by atoms with van der Waals surface area (Å²) >= 11 is 0. The Morgan fingerprint density at radius 1 is 1.32 bits per heavy atom. The summed E-state index contributed by atoms with van der Waals surface area (Å²) in [6.07, 6.45) is 2.16. The average Bonchev–Trinajstić information content (AvgIpc) is 2.53. The first-order valence-electron chi connectivity index (χ1n) is 6.93. The van der Waals surface area contributed by atoms with Crippen molar-refractivity contribution in [2.75, 3.05) is 6.61 Å². The molecule has 1 atom stereocenters. The molecule has 0 fully saturated rings. The van der Waals surface area contributed by atoms with Crippen molar-refractivity contribution in [2.45, 2.75) is 18.8 Å². The Morgan fingerprint density at radius 3 is 2.86 bits per heavy atom. The van der Waals surface area contributed by atoms with Crippen LogP contribution in [0.4, 0.5) is 0 Å². The number of hydrogen-bond donors (Lipinski definition) is 1. The van der Waals surface area contributed by atoms with Crippen LogP contribution in [0.2, 0.25) is 0 Å². The SMILES string of the molecule is N#CC(Cc1cccc(OCCC(=O)O)c1)c1ccccn1. The second-order valence-corrected chi connectivity index (χ2v) is 4.78. The maximum atomic E-state index is 10.5. The molecule has 0 aliphatic carbocycles. The number of nitrogens with zero attached hydrogens (tertiary/aromatic N) is 2. The molecule has 0 aliphatic heterocycles. The number of aliphatic carboxylic acids is 1. The van der Waals surface area contributed by atoms with Gasteiger partial charge in [0.25, 0.3) is 0 Å². The van der Waals surface area contributed by atoms with Gasteiger partial charge in [0.05, 0.1) is 30.7 Å². The summed E-state index contributed by atoms with van der Waals surface area (Å²) in [5.74, 6) is -0.609. The fourth-order valence-electron chi connectivity index (χ4n) is 2.05. The summed E-state index contributed by atoms with van der Waals surface area (Å²) in [7, 11) is 0. The molecule has 0 radical (unpaired) electrons. The molecule has 0 bridgehead atoms. The van der Waals surface area contributed by atoms with Gasteiger partial charge in [-0.3, -0.25) is 9.78 Å². The third-order valence-electron chi connectivity index (χ3n) is 3.12. The summed E-state index contributed by atoms with van der Waals surface area (Å²) in [5, 5.41) is 17.9. The quantitative estimate of drug-likeness (QED) is 0.849. The molecule has 0 spiro atoms. The van der Waals surface area contributed by atoms with Crippen molar-refractivity contribution in [1.29, 1.82) is 5.26 Å². The second kappa shape index (κ2) is 7.79. The number of ether oxygens (including phenoxy) is 1. The number of carboxylic acid groups (broad SMARTS) is 1. The Balaban J connectivity index is 2.03. The molecular formula is C17H16N2O3. The van der Waals surface area contributed by atoms with Crippen LogP contribution in [0.25, 0.3) is 0 Å². The van der Waals surface area contributed by atoms with E-state index >= 15 is 0 Å². The van der Waals surface area contributed by atoms with Crippen LogP contribution in [-0.2, 0) is 11.2 Å². The lowest BCUT2D eigenvalue weighted by molar-refractivity contribution is -0.137. The molecule has 5 heteroatoms. The van der Waals surface area contributed by atoms with E-state index in [2.05, 4.69) is 11.1 Å². The van der Waals surface area contributed by atoms with Gasteiger partial charge in [-0.15, -0.1) is 0 Å². The Labute approximate surface area is 128 Å². The van der Waals surface area contributed by atoms with Crippen LogP contribution in [0.1, 0.15) is 23.6 Å². The summed E-state index contributed by atoms with van der Waals surface area (Å²) < 4.78 is 5.40. The third-order valence-corrected chi connectivity index (χ3v) is 3.12. The van der Waals surface area contributed by atoms with Gasteiger partial charge < -0.3 is 9.84 Å². The molecule has 0 amide bonds. The number of hydrogen-bond acceptors (Lipinski definition) is 4. The molecule has 0 saturated heterocycles. The summed E-state index contributed by atoms with van der Waals surface area (Å²) in [6, 6.07) is 15.1. The number of pyridine rings is 1. The van der Waals surface area contributed by atoms with Crippen LogP contribution < -0.4 is 4.74 Å². The highest BCUT2D eigenvalue weighted by Crippen LogP contribution is 2.21. The van der Waals surface area contributed by atoms with Crippen molar-refractivity contribution < 1.29 is 14.6 Å². The summed E-state index contributed by atoms with van der Waals surface area (Å²) in [5.41, 5.74) is 1.69. The van der Waals surface area contributed by atoms with Crippen LogP contribution in [0.15, 0.2) is 48.7 Å². The Bertz CT molecular complexity index is 665. The zero-order valence-electron chi connectivity index (χ0n) is 12.0. The predicted molar refractivity (Wildman–Crippen MR) is 80.5 cm³/mol. The van der Waals surface area contributed by atoms with E-state index in [4.69, 9.17) is 9.84 Å². The Hall–Kier alpha value is -2.87. The standard InChI is InChI=1S/C17H16N2O3/c18-12-14(16-6-1-2-8-19-16)10-13-4-3-5-15(11-13)22-9-7-17(20)21/h1-6,8,11,14H,7,9-10H2,(H,20,21). The highest BCUT2D eigenvalue weighted by Gasteiger charge is 2.13. The van der Waals surface area contributed by atoms with Crippen molar-refractivity contribution in [3.63, 3.8) is 0 Å². The maximum absolute atomic E-state index is 10.5. The molecule has 1 unspecified atom stereocenters. The zero-order valence-corrected chi connectivity index (χ0v) is 12.0. The largest absolute Gasteiger partial charge is 0.493 e. The number of nitriles is 1. The number of benzene rings is 1. The van der Waals surface area contributed by atoms with Crippen LogP contribution in [0.3, 0.4) is 0 Å². The van der Waals surface area contributed by atoms with E-state index in [0.29, 0.717) is 12.2 Å². The first-order chi connectivity index (χ1) is 10.7. The van der Waals surface area contributed by atoms with E-state index in [1.165, 1.54) is 0 Å². The van der Waals surface area contributed by atoms with Gasteiger partial charge in [0, 0.05) is 6.20 Å². The smallest absolute Gasteiger partial charge is 0.306 e. The number of carbonyl (C=O) groups is 1. The molecule has 0 aliphatic rings. The Morgan fingerprint density at radius 2 is 2.18 bits per heavy atom. The molecule has 112 valence electrons. The molecule has 0 saturated carbocycles. The highest BCUT2D eigenvalue weighted by atomic mass is 16.5. The first kappa shape index (κ1) is 15.5. The normalized spacial score (nSPS) is 11.4. The van der Waals surface area contributed by atoms with Gasteiger partial charge in [0.1, 0.15) is 5.75 Å². The maximum Gasteiger partial charge on any atom is 0.306 e. The van der Waals surface area contributed by atoms with Gasteiger partial charge in [-0.05, 0) is 36.2 Å². The van der Waals surface area contributed by atoms with Crippen molar-refractivity contribution in [3.05, 3.63) is 59.9 Å². The molecular weight excluding hydrogens is 280 g/mol. The molecule has 5 nitrogen and oxygen atoms in total. The van der Waals surface area contributed by atoms with Crippen LogP contribution >= 0.6 is 0 Å². The Kier molecular flexibility index (Phi) is 5.50. The van der Waals surface area contributed by atoms with E-state index in [-0.39, 0.29) is 18.9 Å². The van der Waals surface area contributed by atoms with E-state index < -0.39 is 5.97 Å². The van der Waals surface area contributed by atoms with Gasteiger partial charge in [-0.1, -0.05) is 18.2 Å². The molecule has 1 heterocycles. The highest BCUT2D eigenvalue weighted by molar-refractivity contribution is 5.66. The van der Waals surface area contributed by atoms with Gasteiger partial charge >= 0.3 is 5.97 Å². The lowest BCUT2D eigenvalue weighted by atomic mass is 9.97. The minimum Gasteiger partial charge on any atom is -0.493 e. The van der Waals surface area contributed by atoms with Gasteiger partial charge in [0.2, 0.25) is 0 Å². The number of rotatable bonds is 7. The third kappa shape index (κ3) is 4.60. The minimum atomic E-state index is -0.893. The van der Waals surface area contributed by atoms with Crippen molar-refractivity contribution in [3.8, 4) is 11.8 Å². The van der Waals surface area contributed by atoms with E-state index in [1.54, 1.807) is 12.3 Å². The van der Waals surface area contributed by atoms with Crippen molar-refractivity contribution >= 4 is 5.97 Å². The lowest BCUT2D eigenvalue weighted by Gasteiger charge is -2.10. The van der Waals surface area contributed by atoms with E-state index in [1.807, 2.05) is 36.4 Å². The lowest BCUT2D eigenvalue weighted by Crippen LogP contribution is -2.06. The topological polar surface area (TPSA) is 83.2 Å². The molecule has 2 rings (SSSR count). The zero-order chi connectivity index (χ0) is 15.8. The molecule has 1 aromatic heterocycles. The average molecular weight is 296 g/mol. The first-order valence-corrected chi connectivity index (χ1v) is 6.93. The van der Waals surface area contributed by atoms with Crippen molar-refractivity contribution in [2.24, 2.45) is 0 Å². The molecule has 1 aromatic carbocycles. The molecule has 2 aromatic rings. The second-order valence-electron chi connectivity index (χ2n) is 4.78. The monoisotopic (exact) mass is 296 g/mol. The number of aromatic nitrogens is 1. The van der Waals surface area contributed by atoms with E-state index in [9.17, 15) is 10.1 Å². The van der Waals surface area contributed by atoms with Gasteiger partial charge in [0.15, 0.2) is 0 Å². The van der Waals surface area contributed by atoms with Crippen LogP contribution in [0.5, 0.6) is 5.75 Å². The predicted octanol–water partition coefficient (Wildman–Crippen LogP) is 2.78. The summed E-state index contributed by atoms with van der Waals surface area (Å²) in [4.78, 5) is 14.7. The molecule has 1 N–H and O–H groups in total. The van der Waals surface area contributed by atoms with Gasteiger partial charge in [-0.2, -0.15) is 5.26 Å². The summed E-state index contributed by atoms with van der Waals surface area (Å²) in [6.45, 7) is 0.126. The van der Waals surface area contributed by atoms with Gasteiger partial charge in [-0.25, -0.2) is 0 Å². The molecule has 22 heavy (non-hydrogen) atoms. The van der Waals surface area contributed by atoms with Crippen molar-refractivity contribution in [1.82, 2.24) is 4.98 Å². The fourth-order valence-corrected chi connectivity index (χ4v) is 2.05.